The number of carbonyl (C=O) groups excluding carboxylic acids is 1. The molecule has 1 rings (SSSR count). The predicted octanol–water partition coefficient (Wildman–Crippen LogP) is 3.27. The van der Waals surface area contributed by atoms with Crippen LogP contribution in [0.25, 0.3) is 0 Å². The van der Waals surface area contributed by atoms with Gasteiger partial charge in [0.1, 0.15) is 0 Å². The van der Waals surface area contributed by atoms with E-state index in [1.165, 1.54) is 5.56 Å². The van der Waals surface area contributed by atoms with Crippen LogP contribution in [0.2, 0.25) is 0 Å². The van der Waals surface area contributed by atoms with Gasteiger partial charge in [-0.15, -0.1) is 0 Å². The van der Waals surface area contributed by atoms with Gasteiger partial charge in [0.05, 0.1) is 12.1 Å². The molecule has 0 saturated carbocycles. The molecule has 0 spiro atoms. The first-order chi connectivity index (χ1) is 9.20. The van der Waals surface area contributed by atoms with E-state index in [0.29, 0.717) is 6.42 Å². The minimum absolute atomic E-state index is 0.0835. The van der Waals surface area contributed by atoms with Gasteiger partial charge >= 0.3 is 6.03 Å². The second-order valence-electron chi connectivity index (χ2n) is 6.48. The van der Waals surface area contributed by atoms with Crippen molar-refractivity contribution in [3.05, 3.63) is 29.8 Å². The molecule has 4 nitrogen and oxygen atoms in total. The van der Waals surface area contributed by atoms with E-state index in [9.17, 15) is 9.90 Å². The average molecular weight is 278 g/mol. The number of benzene rings is 1. The van der Waals surface area contributed by atoms with Gasteiger partial charge in [0, 0.05) is 5.69 Å². The highest BCUT2D eigenvalue weighted by molar-refractivity contribution is 5.89. The number of carbonyl (C=O) groups is 1. The molecule has 112 valence electrons. The Balaban J connectivity index is 2.68. The number of rotatable bonds is 4. The summed E-state index contributed by atoms with van der Waals surface area (Å²) in [7, 11) is 0. The molecule has 0 unspecified atom stereocenters. The fraction of sp³-hybridized carbons (Fsp3) is 0.562. The molecule has 1 atom stereocenters. The Morgan fingerprint density at radius 3 is 2.10 bits per heavy atom. The van der Waals surface area contributed by atoms with Gasteiger partial charge in [-0.2, -0.15) is 0 Å². The number of aliphatic hydroxyl groups excluding tert-OH is 1. The number of nitrogens with one attached hydrogen (secondary N) is 2. The largest absolute Gasteiger partial charge is 0.394 e. The molecule has 0 aliphatic rings. The summed E-state index contributed by atoms with van der Waals surface area (Å²) < 4.78 is 0. The summed E-state index contributed by atoms with van der Waals surface area (Å²) in [6.07, 6.45) is 0.667. The molecule has 0 fully saturated rings. The number of aliphatic hydroxyl groups is 1. The van der Waals surface area contributed by atoms with E-state index in [0.717, 1.165) is 5.69 Å². The molecular weight excluding hydrogens is 252 g/mol. The standard InChI is InChI=1S/C16H26N2O2/c1-6-16(5,11-19)18-14(20)17-13-9-7-12(8-10-13)15(2,3)4/h7-10,19H,6,11H2,1-5H3,(H2,17,18,20)/t16-/m0/s1. The third kappa shape index (κ3) is 4.53. The molecular formula is C16H26N2O2. The quantitative estimate of drug-likeness (QED) is 0.791. The normalized spacial score (nSPS) is 14.5. The van der Waals surface area contributed by atoms with Crippen LogP contribution in [0.15, 0.2) is 24.3 Å². The summed E-state index contributed by atoms with van der Waals surface area (Å²) in [6, 6.07) is 7.51. The van der Waals surface area contributed by atoms with Gasteiger partial charge in [0.25, 0.3) is 0 Å². The van der Waals surface area contributed by atoms with E-state index in [-0.39, 0.29) is 18.1 Å². The van der Waals surface area contributed by atoms with Crippen LogP contribution in [0.3, 0.4) is 0 Å². The van der Waals surface area contributed by atoms with Crippen LogP contribution in [0.4, 0.5) is 10.5 Å². The summed E-state index contributed by atoms with van der Waals surface area (Å²) in [5, 5.41) is 14.9. The van der Waals surface area contributed by atoms with Gasteiger partial charge in [0.15, 0.2) is 0 Å². The van der Waals surface area contributed by atoms with E-state index in [1.807, 2.05) is 38.1 Å². The highest BCUT2D eigenvalue weighted by Gasteiger charge is 2.23. The molecule has 0 aliphatic carbocycles. The molecule has 1 aromatic rings. The van der Waals surface area contributed by atoms with Crippen LogP contribution in [0.1, 0.15) is 46.6 Å². The van der Waals surface area contributed by atoms with E-state index in [1.54, 1.807) is 0 Å². The zero-order chi connectivity index (χ0) is 15.4. The maximum atomic E-state index is 11.9. The van der Waals surface area contributed by atoms with Gasteiger partial charge in [-0.25, -0.2) is 4.79 Å². The van der Waals surface area contributed by atoms with E-state index < -0.39 is 5.54 Å². The molecule has 4 heteroatoms. The topological polar surface area (TPSA) is 61.4 Å². The van der Waals surface area contributed by atoms with Crippen LogP contribution >= 0.6 is 0 Å². The van der Waals surface area contributed by atoms with Gasteiger partial charge in [-0.3, -0.25) is 0 Å². The summed E-state index contributed by atoms with van der Waals surface area (Å²) in [5.41, 5.74) is 1.47. The molecule has 0 radical (unpaired) electrons. The molecule has 2 amide bonds. The van der Waals surface area contributed by atoms with Crippen molar-refractivity contribution in [3.63, 3.8) is 0 Å². The van der Waals surface area contributed by atoms with E-state index >= 15 is 0 Å². The third-order valence-corrected chi connectivity index (χ3v) is 3.55. The van der Waals surface area contributed by atoms with Gasteiger partial charge in [-0.05, 0) is 36.5 Å². The fourth-order valence-electron chi connectivity index (χ4n) is 1.73. The Morgan fingerprint density at radius 1 is 1.15 bits per heavy atom. The first-order valence-electron chi connectivity index (χ1n) is 7.01. The van der Waals surface area contributed by atoms with Crippen LogP contribution in [0, 0.1) is 0 Å². The third-order valence-electron chi connectivity index (χ3n) is 3.55. The van der Waals surface area contributed by atoms with Gasteiger partial charge in [-0.1, -0.05) is 39.8 Å². The Morgan fingerprint density at radius 2 is 1.70 bits per heavy atom. The van der Waals surface area contributed by atoms with Crippen molar-refractivity contribution in [2.24, 2.45) is 0 Å². The van der Waals surface area contributed by atoms with Crippen molar-refractivity contribution in [1.82, 2.24) is 5.32 Å². The lowest BCUT2D eigenvalue weighted by molar-refractivity contribution is 0.172. The number of hydrogen-bond donors (Lipinski definition) is 3. The minimum Gasteiger partial charge on any atom is -0.394 e. The first kappa shape index (κ1) is 16.5. The average Bonchev–Trinajstić information content (AvgIpc) is 2.38. The molecule has 20 heavy (non-hydrogen) atoms. The molecule has 0 heterocycles. The van der Waals surface area contributed by atoms with Crippen LogP contribution in [-0.4, -0.2) is 23.3 Å². The van der Waals surface area contributed by atoms with Crippen molar-refractivity contribution in [2.75, 3.05) is 11.9 Å². The Labute approximate surface area is 121 Å². The summed E-state index contributed by atoms with van der Waals surface area (Å²) in [4.78, 5) is 11.9. The molecule has 3 N–H and O–H groups in total. The van der Waals surface area contributed by atoms with Gasteiger partial charge < -0.3 is 15.7 Å². The molecule has 0 bridgehead atoms. The Kier molecular flexibility index (Phi) is 5.17. The summed E-state index contributed by atoms with van der Waals surface area (Å²) in [5.74, 6) is 0. The van der Waals surface area contributed by atoms with Crippen molar-refractivity contribution in [2.45, 2.75) is 52.0 Å². The van der Waals surface area contributed by atoms with Crippen LogP contribution in [-0.2, 0) is 5.41 Å². The highest BCUT2D eigenvalue weighted by Crippen LogP contribution is 2.23. The van der Waals surface area contributed by atoms with Crippen LogP contribution < -0.4 is 10.6 Å². The second kappa shape index (κ2) is 6.27. The number of anilines is 1. The molecule has 1 aromatic carbocycles. The fourth-order valence-corrected chi connectivity index (χ4v) is 1.73. The lowest BCUT2D eigenvalue weighted by atomic mass is 9.87. The SMILES string of the molecule is CC[C@@](C)(CO)NC(=O)Nc1ccc(C(C)(C)C)cc1. The van der Waals surface area contributed by atoms with Crippen molar-refractivity contribution in [1.29, 1.82) is 0 Å². The summed E-state index contributed by atoms with van der Waals surface area (Å²) >= 11 is 0. The maximum Gasteiger partial charge on any atom is 0.319 e. The number of hydrogen-bond acceptors (Lipinski definition) is 2. The lowest BCUT2D eigenvalue weighted by Crippen LogP contribution is -2.50. The molecule has 0 aliphatic heterocycles. The minimum atomic E-state index is -0.588. The summed E-state index contributed by atoms with van der Waals surface area (Å²) in [6.45, 7) is 10.1. The lowest BCUT2D eigenvalue weighted by Gasteiger charge is -2.27. The Hall–Kier alpha value is -1.55. The van der Waals surface area contributed by atoms with Gasteiger partial charge in [0.2, 0.25) is 0 Å². The molecule has 0 saturated heterocycles. The monoisotopic (exact) mass is 278 g/mol. The zero-order valence-electron chi connectivity index (χ0n) is 13.1. The second-order valence-corrected chi connectivity index (χ2v) is 6.48. The molecule has 0 aromatic heterocycles. The predicted molar refractivity (Wildman–Crippen MR) is 83.1 cm³/mol. The van der Waals surface area contributed by atoms with Crippen molar-refractivity contribution >= 4 is 11.7 Å². The zero-order valence-corrected chi connectivity index (χ0v) is 13.1. The smallest absolute Gasteiger partial charge is 0.319 e. The Bertz CT molecular complexity index is 443. The number of amides is 2. The van der Waals surface area contributed by atoms with Crippen molar-refractivity contribution in [3.8, 4) is 0 Å². The first-order valence-corrected chi connectivity index (χ1v) is 7.01. The number of urea groups is 1. The van der Waals surface area contributed by atoms with Crippen LogP contribution in [0.5, 0.6) is 0 Å². The van der Waals surface area contributed by atoms with Crippen molar-refractivity contribution < 1.29 is 9.90 Å². The highest BCUT2D eigenvalue weighted by atomic mass is 16.3. The van der Waals surface area contributed by atoms with E-state index in [4.69, 9.17) is 0 Å². The maximum absolute atomic E-state index is 11.9. The van der Waals surface area contributed by atoms with E-state index in [2.05, 4.69) is 31.4 Å².